The van der Waals surface area contributed by atoms with Crippen molar-refractivity contribution in [3.05, 3.63) is 121 Å². The van der Waals surface area contributed by atoms with E-state index in [0.29, 0.717) is 25.0 Å². The van der Waals surface area contributed by atoms with E-state index in [9.17, 15) is 0 Å². The lowest BCUT2D eigenvalue weighted by Gasteiger charge is -2.18. The quantitative estimate of drug-likeness (QED) is 0.185. The summed E-state index contributed by atoms with van der Waals surface area (Å²) in [5, 5.41) is 4.38. The molecule has 0 radical (unpaired) electrons. The fourth-order valence-corrected chi connectivity index (χ4v) is 6.36. The van der Waals surface area contributed by atoms with E-state index in [1.165, 1.54) is 0 Å². The normalized spacial score (nSPS) is 16.6. The highest BCUT2D eigenvalue weighted by molar-refractivity contribution is 6.21. The van der Waals surface area contributed by atoms with Crippen LogP contribution in [0.25, 0.3) is 55.2 Å². The fraction of sp³-hybridized carbons (Fsp3) is 0.200. The Bertz CT molecular complexity index is 2220. The standard InChI is InChI=1S/C40H34N4O2/c1-39(2)23-45-37(43-39)33-18-10-16-31(41-33)35-27-14-8-9-15-28(27)36(30-22-26(20-21-29(30)35)25-12-6-5-7-13-25)32-17-11-19-34(42-32)38-44-40(3,4)24-46-38/h5-22H,23-24H2,1-4H3. The van der Waals surface area contributed by atoms with Gasteiger partial charge in [-0.1, -0.05) is 78.9 Å². The summed E-state index contributed by atoms with van der Waals surface area (Å²) >= 11 is 0. The van der Waals surface area contributed by atoms with E-state index < -0.39 is 0 Å². The van der Waals surface area contributed by atoms with Gasteiger partial charge in [-0.3, -0.25) is 0 Å². The minimum absolute atomic E-state index is 0.270. The molecule has 8 rings (SSSR count). The first kappa shape index (κ1) is 28.1. The van der Waals surface area contributed by atoms with Gasteiger partial charge in [-0.25, -0.2) is 20.0 Å². The van der Waals surface area contributed by atoms with Crippen LogP contribution in [-0.2, 0) is 9.47 Å². The van der Waals surface area contributed by atoms with Gasteiger partial charge >= 0.3 is 0 Å². The first-order chi connectivity index (χ1) is 22.2. The van der Waals surface area contributed by atoms with Gasteiger partial charge in [0.2, 0.25) is 11.8 Å². The number of aromatic nitrogens is 2. The molecule has 0 atom stereocenters. The third-order valence-electron chi connectivity index (χ3n) is 8.51. The predicted molar refractivity (Wildman–Crippen MR) is 186 cm³/mol. The summed E-state index contributed by atoms with van der Waals surface area (Å²) in [5.74, 6) is 1.17. The van der Waals surface area contributed by atoms with Gasteiger partial charge in [0.15, 0.2) is 0 Å². The molecule has 226 valence electrons. The lowest BCUT2D eigenvalue weighted by atomic mass is 9.87. The maximum absolute atomic E-state index is 6.00. The first-order valence-corrected chi connectivity index (χ1v) is 15.7. The Balaban J connectivity index is 1.41. The zero-order valence-electron chi connectivity index (χ0n) is 26.4. The summed E-state index contributed by atoms with van der Waals surface area (Å²) in [4.78, 5) is 19.9. The van der Waals surface area contributed by atoms with Crippen LogP contribution in [0.15, 0.2) is 119 Å². The van der Waals surface area contributed by atoms with Gasteiger partial charge in [-0.15, -0.1) is 0 Å². The van der Waals surface area contributed by atoms with Crippen LogP contribution in [0.1, 0.15) is 39.1 Å². The highest BCUT2D eigenvalue weighted by Gasteiger charge is 2.29. The van der Waals surface area contributed by atoms with E-state index in [-0.39, 0.29) is 11.1 Å². The van der Waals surface area contributed by atoms with Crippen LogP contribution in [0.3, 0.4) is 0 Å². The van der Waals surface area contributed by atoms with Crippen molar-refractivity contribution >= 4 is 33.3 Å². The first-order valence-electron chi connectivity index (χ1n) is 15.7. The number of benzene rings is 4. The summed E-state index contributed by atoms with van der Waals surface area (Å²) in [5.41, 5.74) is 7.08. The molecule has 6 heteroatoms. The second-order valence-electron chi connectivity index (χ2n) is 13.3. The zero-order chi connectivity index (χ0) is 31.5. The van der Waals surface area contributed by atoms with Gasteiger partial charge in [0.25, 0.3) is 0 Å². The molecule has 0 amide bonds. The van der Waals surface area contributed by atoms with Crippen LogP contribution in [0.5, 0.6) is 0 Å². The van der Waals surface area contributed by atoms with Gasteiger partial charge in [0.05, 0.1) is 22.5 Å². The monoisotopic (exact) mass is 602 g/mol. The van der Waals surface area contributed by atoms with Gasteiger partial charge in [0.1, 0.15) is 24.6 Å². The van der Waals surface area contributed by atoms with Crippen molar-refractivity contribution in [2.75, 3.05) is 13.2 Å². The molecule has 0 saturated heterocycles. The molecule has 46 heavy (non-hydrogen) atoms. The zero-order valence-corrected chi connectivity index (χ0v) is 26.4. The molecule has 0 aliphatic carbocycles. The van der Waals surface area contributed by atoms with Crippen molar-refractivity contribution < 1.29 is 9.47 Å². The van der Waals surface area contributed by atoms with E-state index in [1.807, 2.05) is 30.3 Å². The summed E-state index contributed by atoms with van der Waals surface area (Å²) < 4.78 is 12.0. The minimum atomic E-state index is -0.273. The Morgan fingerprint density at radius 2 is 0.935 bits per heavy atom. The van der Waals surface area contributed by atoms with Crippen molar-refractivity contribution in [2.24, 2.45) is 9.98 Å². The molecule has 0 unspecified atom stereocenters. The topological polar surface area (TPSA) is 69.0 Å². The van der Waals surface area contributed by atoms with Crippen LogP contribution in [-0.4, -0.2) is 46.1 Å². The average Bonchev–Trinajstić information content (AvgIpc) is 3.64. The Morgan fingerprint density at radius 3 is 1.46 bits per heavy atom. The Morgan fingerprint density at radius 1 is 0.457 bits per heavy atom. The highest BCUT2D eigenvalue weighted by Crippen LogP contribution is 2.44. The lowest BCUT2D eigenvalue weighted by molar-refractivity contribution is 0.279. The van der Waals surface area contributed by atoms with E-state index in [2.05, 4.69) is 107 Å². The van der Waals surface area contributed by atoms with E-state index in [1.54, 1.807) is 0 Å². The summed E-state index contributed by atoms with van der Waals surface area (Å²) in [6, 6.07) is 37.9. The molecular formula is C40H34N4O2. The number of aliphatic imine (C=N–C) groups is 2. The highest BCUT2D eigenvalue weighted by atomic mass is 16.5. The Labute approximate surface area is 268 Å². The van der Waals surface area contributed by atoms with Crippen LogP contribution in [0, 0.1) is 0 Å². The average molecular weight is 603 g/mol. The molecular weight excluding hydrogens is 568 g/mol. The Kier molecular flexibility index (Phi) is 6.50. The lowest BCUT2D eigenvalue weighted by Crippen LogP contribution is -2.17. The molecule has 2 aromatic heterocycles. The van der Waals surface area contributed by atoms with Crippen molar-refractivity contribution in [1.82, 2.24) is 9.97 Å². The van der Waals surface area contributed by atoms with Gasteiger partial charge < -0.3 is 9.47 Å². The maximum atomic E-state index is 6.00. The number of ether oxygens (including phenoxy) is 2. The molecule has 0 N–H and O–H groups in total. The molecule has 6 aromatic rings. The van der Waals surface area contributed by atoms with Crippen LogP contribution >= 0.6 is 0 Å². The Hall–Kier alpha value is -5.36. The minimum Gasteiger partial charge on any atom is -0.474 e. The summed E-state index contributed by atoms with van der Waals surface area (Å²) in [6.07, 6.45) is 0. The van der Waals surface area contributed by atoms with Gasteiger partial charge in [-0.2, -0.15) is 0 Å². The second-order valence-corrected chi connectivity index (χ2v) is 13.3. The number of pyridine rings is 2. The molecule has 2 aliphatic rings. The molecule has 0 fully saturated rings. The van der Waals surface area contributed by atoms with Crippen molar-refractivity contribution in [1.29, 1.82) is 0 Å². The number of fused-ring (bicyclic) bond motifs is 2. The largest absolute Gasteiger partial charge is 0.474 e. The summed E-state index contributed by atoms with van der Waals surface area (Å²) in [6.45, 7) is 9.37. The van der Waals surface area contributed by atoms with E-state index in [0.717, 1.165) is 66.6 Å². The smallest absolute Gasteiger partial charge is 0.236 e. The van der Waals surface area contributed by atoms with E-state index >= 15 is 0 Å². The summed E-state index contributed by atoms with van der Waals surface area (Å²) in [7, 11) is 0. The second kappa shape index (κ2) is 10.6. The number of hydrogen-bond acceptors (Lipinski definition) is 6. The molecule has 0 saturated carbocycles. The van der Waals surface area contributed by atoms with Crippen LogP contribution in [0.2, 0.25) is 0 Å². The van der Waals surface area contributed by atoms with Gasteiger partial charge in [0, 0.05) is 11.1 Å². The SMILES string of the molecule is CC1(C)COC(c2cccc(-c3c4ccccc4c(-c4cccc(C5=NC(C)(C)CO5)n4)c4cc(-c5ccccc5)ccc34)n2)=N1. The van der Waals surface area contributed by atoms with Crippen molar-refractivity contribution in [2.45, 2.75) is 38.8 Å². The molecule has 6 nitrogen and oxygen atoms in total. The number of nitrogens with zero attached hydrogens (tertiary/aromatic N) is 4. The molecule has 0 spiro atoms. The van der Waals surface area contributed by atoms with Crippen LogP contribution in [0.4, 0.5) is 0 Å². The number of hydrogen-bond donors (Lipinski definition) is 0. The molecule has 0 bridgehead atoms. The maximum Gasteiger partial charge on any atom is 0.236 e. The molecule has 4 heterocycles. The molecule has 2 aliphatic heterocycles. The third kappa shape index (κ3) is 5.00. The van der Waals surface area contributed by atoms with Crippen molar-refractivity contribution in [3.63, 3.8) is 0 Å². The third-order valence-corrected chi connectivity index (χ3v) is 8.51. The molecule has 4 aromatic carbocycles. The number of rotatable bonds is 5. The van der Waals surface area contributed by atoms with Crippen molar-refractivity contribution in [3.8, 4) is 33.6 Å². The van der Waals surface area contributed by atoms with Gasteiger partial charge in [-0.05, 0) is 90.7 Å². The van der Waals surface area contributed by atoms with Crippen LogP contribution < -0.4 is 0 Å². The van der Waals surface area contributed by atoms with E-state index in [4.69, 9.17) is 29.4 Å². The fourth-order valence-electron chi connectivity index (χ4n) is 6.36. The predicted octanol–water partition coefficient (Wildman–Crippen LogP) is 8.89.